The van der Waals surface area contributed by atoms with Gasteiger partial charge in [0, 0.05) is 10.6 Å². The van der Waals surface area contributed by atoms with Crippen molar-refractivity contribution in [3.05, 3.63) is 162 Å². The van der Waals surface area contributed by atoms with Crippen molar-refractivity contribution in [3.8, 4) is 5.75 Å². The van der Waals surface area contributed by atoms with E-state index in [-0.39, 0.29) is 12.1 Å². The molecule has 37 heavy (non-hydrogen) atoms. The van der Waals surface area contributed by atoms with E-state index in [0.717, 1.165) is 33.0 Å². The molecule has 0 amide bonds. The molecular weight excluding hydrogens is 473 g/mol. The average molecular weight is 500 g/mol. The fourth-order valence-electron chi connectivity index (χ4n) is 4.54. The molecule has 0 aromatic heterocycles. The van der Waals surface area contributed by atoms with Crippen molar-refractivity contribution in [2.24, 2.45) is 4.99 Å². The van der Waals surface area contributed by atoms with Crippen molar-refractivity contribution in [1.29, 1.82) is 0 Å². The standard InChI is InChI=1S/C33H26NO2P/c1-5-15-25(16-6-1)31-32(26-17-7-2-8-18-26)35-33(34-31)29-23-13-14-24-30(29)36-37(27-19-9-3-10-20-27)28-21-11-4-12-22-28/h1-24,31-32H/t31-,32+/m1/s1. The van der Waals surface area contributed by atoms with Crippen LogP contribution in [0, 0.1) is 0 Å². The fourth-order valence-corrected chi connectivity index (χ4v) is 6.29. The zero-order chi connectivity index (χ0) is 24.9. The lowest BCUT2D eigenvalue weighted by molar-refractivity contribution is 0.197. The van der Waals surface area contributed by atoms with Gasteiger partial charge < -0.3 is 9.26 Å². The number of aliphatic imine (C=N–C) groups is 1. The second kappa shape index (κ2) is 10.8. The molecule has 1 aliphatic rings. The Bertz CT molecular complexity index is 1440. The Morgan fingerprint density at radius 1 is 0.541 bits per heavy atom. The zero-order valence-corrected chi connectivity index (χ0v) is 21.1. The fraction of sp³-hybridized carbons (Fsp3) is 0.0606. The summed E-state index contributed by atoms with van der Waals surface area (Å²) in [5, 5.41) is 2.30. The van der Waals surface area contributed by atoms with Crippen LogP contribution in [0.25, 0.3) is 0 Å². The zero-order valence-electron chi connectivity index (χ0n) is 20.2. The first-order valence-corrected chi connectivity index (χ1v) is 13.6. The molecule has 0 unspecified atom stereocenters. The first kappa shape index (κ1) is 23.2. The van der Waals surface area contributed by atoms with E-state index in [1.54, 1.807) is 0 Å². The van der Waals surface area contributed by atoms with Gasteiger partial charge in [-0.05, 0) is 23.3 Å². The van der Waals surface area contributed by atoms with Crippen LogP contribution in [-0.2, 0) is 4.74 Å². The van der Waals surface area contributed by atoms with Gasteiger partial charge in [-0.1, -0.05) is 133 Å². The Hall–Kier alpha value is -4.20. The molecule has 180 valence electrons. The smallest absolute Gasteiger partial charge is 0.221 e. The van der Waals surface area contributed by atoms with Gasteiger partial charge in [-0.25, -0.2) is 4.99 Å². The van der Waals surface area contributed by atoms with Crippen LogP contribution >= 0.6 is 8.15 Å². The highest BCUT2D eigenvalue weighted by atomic mass is 31.1. The summed E-state index contributed by atoms with van der Waals surface area (Å²) in [7, 11) is -1.08. The highest BCUT2D eigenvalue weighted by Gasteiger charge is 2.35. The third kappa shape index (κ3) is 5.05. The van der Waals surface area contributed by atoms with Crippen molar-refractivity contribution in [1.82, 2.24) is 0 Å². The quantitative estimate of drug-likeness (QED) is 0.219. The first-order chi connectivity index (χ1) is 18.4. The molecule has 0 N–H and O–H groups in total. The maximum Gasteiger partial charge on any atom is 0.221 e. The van der Waals surface area contributed by atoms with E-state index in [1.807, 2.05) is 60.7 Å². The normalized spacial score (nSPS) is 16.7. The van der Waals surface area contributed by atoms with Crippen LogP contribution in [0.2, 0.25) is 0 Å². The van der Waals surface area contributed by atoms with Gasteiger partial charge in [0.05, 0.1) is 5.56 Å². The van der Waals surface area contributed by atoms with Crippen LogP contribution in [0.1, 0.15) is 28.8 Å². The first-order valence-electron chi connectivity index (χ1n) is 12.4. The SMILES string of the molecule is c1ccc([C@H]2N=C(c3ccccc3OP(c3ccccc3)c3ccccc3)O[C@H]2c2ccccc2)cc1. The molecule has 0 saturated carbocycles. The third-order valence-electron chi connectivity index (χ3n) is 6.34. The third-order valence-corrected chi connectivity index (χ3v) is 8.25. The molecule has 0 fully saturated rings. The molecule has 0 saturated heterocycles. The summed E-state index contributed by atoms with van der Waals surface area (Å²) in [6.45, 7) is 0. The number of para-hydroxylation sites is 1. The molecule has 0 radical (unpaired) electrons. The molecule has 2 atom stereocenters. The highest BCUT2D eigenvalue weighted by Crippen LogP contribution is 2.44. The van der Waals surface area contributed by atoms with Crippen molar-refractivity contribution in [2.45, 2.75) is 12.1 Å². The number of rotatable bonds is 7. The second-order valence-corrected chi connectivity index (χ2v) is 10.6. The van der Waals surface area contributed by atoms with Gasteiger partial charge in [-0.2, -0.15) is 0 Å². The number of benzene rings is 5. The topological polar surface area (TPSA) is 30.8 Å². The van der Waals surface area contributed by atoms with Crippen LogP contribution in [0.5, 0.6) is 5.75 Å². The van der Waals surface area contributed by atoms with Crippen LogP contribution in [0.3, 0.4) is 0 Å². The summed E-state index contributed by atoms with van der Waals surface area (Å²) in [5.41, 5.74) is 3.09. The molecule has 0 spiro atoms. The lowest BCUT2D eigenvalue weighted by Gasteiger charge is -2.21. The Morgan fingerprint density at radius 2 is 1.03 bits per heavy atom. The van der Waals surface area contributed by atoms with Gasteiger partial charge in [-0.3, -0.25) is 0 Å². The summed E-state index contributed by atoms with van der Waals surface area (Å²) >= 11 is 0. The molecule has 6 rings (SSSR count). The van der Waals surface area contributed by atoms with E-state index in [4.69, 9.17) is 14.3 Å². The van der Waals surface area contributed by atoms with E-state index in [1.165, 1.54) is 0 Å². The molecule has 1 aliphatic heterocycles. The van der Waals surface area contributed by atoms with Crippen molar-refractivity contribution < 1.29 is 9.26 Å². The Morgan fingerprint density at radius 3 is 1.62 bits per heavy atom. The number of nitrogens with zero attached hydrogens (tertiary/aromatic N) is 1. The number of hydrogen-bond acceptors (Lipinski definition) is 3. The van der Waals surface area contributed by atoms with Crippen LogP contribution in [0.4, 0.5) is 0 Å². The molecule has 1 heterocycles. The Balaban J connectivity index is 1.39. The predicted octanol–water partition coefficient (Wildman–Crippen LogP) is 7.37. The van der Waals surface area contributed by atoms with Crippen LogP contribution in [0.15, 0.2) is 151 Å². The highest BCUT2D eigenvalue weighted by molar-refractivity contribution is 7.68. The van der Waals surface area contributed by atoms with Gasteiger partial charge >= 0.3 is 0 Å². The van der Waals surface area contributed by atoms with E-state index in [2.05, 4.69) is 84.9 Å². The van der Waals surface area contributed by atoms with E-state index >= 15 is 0 Å². The second-order valence-electron chi connectivity index (χ2n) is 8.79. The summed E-state index contributed by atoms with van der Waals surface area (Å²) in [6.07, 6.45) is -0.212. The van der Waals surface area contributed by atoms with Gasteiger partial charge in [0.15, 0.2) is 14.3 Å². The summed E-state index contributed by atoms with van der Waals surface area (Å²) in [5.74, 6) is 1.37. The minimum atomic E-state index is -1.08. The predicted molar refractivity (Wildman–Crippen MR) is 152 cm³/mol. The number of hydrogen-bond donors (Lipinski definition) is 0. The van der Waals surface area contributed by atoms with Crippen molar-refractivity contribution in [3.63, 3.8) is 0 Å². The molecular formula is C33H26NO2P. The largest absolute Gasteiger partial charge is 0.466 e. The number of ether oxygens (including phenoxy) is 1. The van der Waals surface area contributed by atoms with Crippen molar-refractivity contribution >= 4 is 24.7 Å². The Kier molecular flexibility index (Phi) is 6.79. The van der Waals surface area contributed by atoms with Gasteiger partial charge in [0.1, 0.15) is 11.8 Å². The van der Waals surface area contributed by atoms with Crippen LogP contribution < -0.4 is 15.1 Å². The maximum atomic E-state index is 6.82. The van der Waals surface area contributed by atoms with Gasteiger partial charge in [-0.15, -0.1) is 0 Å². The molecule has 3 nitrogen and oxygen atoms in total. The van der Waals surface area contributed by atoms with E-state index in [9.17, 15) is 0 Å². The average Bonchev–Trinajstić information content (AvgIpc) is 3.43. The summed E-state index contributed by atoms with van der Waals surface area (Å²) in [6, 6.07) is 49.4. The molecule has 0 aliphatic carbocycles. The lowest BCUT2D eigenvalue weighted by Crippen LogP contribution is -2.16. The van der Waals surface area contributed by atoms with Crippen molar-refractivity contribution in [2.75, 3.05) is 0 Å². The van der Waals surface area contributed by atoms with E-state index < -0.39 is 8.15 Å². The minimum absolute atomic E-state index is 0.142. The lowest BCUT2D eigenvalue weighted by atomic mass is 9.97. The van der Waals surface area contributed by atoms with Gasteiger partial charge in [0.25, 0.3) is 0 Å². The molecule has 5 aromatic rings. The van der Waals surface area contributed by atoms with Crippen LogP contribution in [-0.4, -0.2) is 5.90 Å². The minimum Gasteiger partial charge on any atom is -0.466 e. The molecule has 0 bridgehead atoms. The molecule has 5 aromatic carbocycles. The summed E-state index contributed by atoms with van der Waals surface area (Å²) < 4.78 is 13.4. The van der Waals surface area contributed by atoms with Gasteiger partial charge in [0.2, 0.25) is 5.90 Å². The molecule has 4 heteroatoms. The summed E-state index contributed by atoms with van der Waals surface area (Å²) in [4.78, 5) is 5.12. The Labute approximate surface area is 218 Å². The maximum absolute atomic E-state index is 6.82. The van der Waals surface area contributed by atoms with E-state index in [0.29, 0.717) is 5.90 Å². The monoisotopic (exact) mass is 499 g/mol.